The van der Waals surface area contributed by atoms with Gasteiger partial charge in [-0.05, 0) is 48.9 Å². The van der Waals surface area contributed by atoms with Gasteiger partial charge in [0.1, 0.15) is 5.82 Å². The van der Waals surface area contributed by atoms with Gasteiger partial charge in [-0.3, -0.25) is 4.79 Å². The molecular formula is C26H31ClN6O3. The van der Waals surface area contributed by atoms with E-state index in [0.717, 1.165) is 24.3 Å². The molecule has 190 valence electrons. The van der Waals surface area contributed by atoms with Gasteiger partial charge in [-0.15, -0.1) is 0 Å². The lowest BCUT2D eigenvalue weighted by Gasteiger charge is -2.30. The summed E-state index contributed by atoms with van der Waals surface area (Å²) in [6.45, 7) is 4.99. The zero-order valence-electron chi connectivity index (χ0n) is 20.4. The van der Waals surface area contributed by atoms with Gasteiger partial charge in [-0.1, -0.05) is 23.7 Å². The molecule has 0 aliphatic carbocycles. The Morgan fingerprint density at radius 1 is 1.22 bits per heavy atom. The van der Waals surface area contributed by atoms with Gasteiger partial charge >= 0.3 is 0 Å². The number of aliphatic hydroxyl groups is 1. The Kier molecular flexibility index (Phi) is 8.58. The number of aromatic nitrogens is 2. The second-order valence-corrected chi connectivity index (χ2v) is 9.13. The fourth-order valence-corrected chi connectivity index (χ4v) is 4.04. The van der Waals surface area contributed by atoms with Crippen LogP contribution >= 0.6 is 11.6 Å². The van der Waals surface area contributed by atoms with E-state index in [1.807, 2.05) is 36.4 Å². The largest absolute Gasteiger partial charge is 0.394 e. The second kappa shape index (κ2) is 12.0. The van der Waals surface area contributed by atoms with Crippen LogP contribution in [-0.4, -0.2) is 71.9 Å². The molecule has 0 bridgehead atoms. The van der Waals surface area contributed by atoms with E-state index in [-0.39, 0.29) is 18.6 Å². The molecule has 1 atom stereocenters. The first-order valence-corrected chi connectivity index (χ1v) is 12.2. The standard InChI is InChI=1S/C26H31ClN6O3/c1-18(17-34)32(2)25(35)20-13-22(15-23(14-20)33-8-10-36-11-9-33)30-26-28-7-6-24(31-26)29-16-19-4-3-5-21(27)12-19/h3-7,12-15,18,34H,8-11,16-17H2,1-2H3,(H2,28,29,30,31)/t18-/m0/s1. The Labute approximate surface area is 216 Å². The normalized spacial score (nSPS) is 14.3. The minimum absolute atomic E-state index is 0.112. The van der Waals surface area contributed by atoms with Crippen LogP contribution in [0.2, 0.25) is 5.02 Å². The zero-order chi connectivity index (χ0) is 25.5. The fourth-order valence-electron chi connectivity index (χ4n) is 3.82. The lowest BCUT2D eigenvalue weighted by atomic mass is 10.1. The number of halogens is 1. The smallest absolute Gasteiger partial charge is 0.254 e. The van der Waals surface area contributed by atoms with Gasteiger partial charge in [0, 0.05) is 54.8 Å². The highest BCUT2D eigenvalue weighted by molar-refractivity contribution is 6.30. The van der Waals surface area contributed by atoms with Crippen molar-refractivity contribution >= 4 is 40.6 Å². The Morgan fingerprint density at radius 2 is 2.03 bits per heavy atom. The van der Waals surface area contributed by atoms with Crippen molar-refractivity contribution in [1.29, 1.82) is 0 Å². The van der Waals surface area contributed by atoms with Crippen molar-refractivity contribution in [2.75, 3.05) is 55.5 Å². The SMILES string of the molecule is C[C@@H](CO)N(C)C(=O)c1cc(Nc2nccc(NCc3cccc(Cl)c3)n2)cc(N2CCOCC2)c1. The molecule has 2 heterocycles. The number of hydrogen-bond acceptors (Lipinski definition) is 8. The molecule has 1 amide bonds. The third-order valence-electron chi connectivity index (χ3n) is 6.06. The lowest BCUT2D eigenvalue weighted by molar-refractivity contribution is 0.0682. The third-order valence-corrected chi connectivity index (χ3v) is 6.30. The maximum atomic E-state index is 13.2. The van der Waals surface area contributed by atoms with Gasteiger partial charge in [0.2, 0.25) is 5.95 Å². The van der Waals surface area contributed by atoms with Crippen LogP contribution in [0.25, 0.3) is 0 Å². The summed E-state index contributed by atoms with van der Waals surface area (Å²) in [7, 11) is 1.69. The predicted molar refractivity (Wildman–Crippen MR) is 142 cm³/mol. The van der Waals surface area contributed by atoms with Crippen LogP contribution in [0.15, 0.2) is 54.7 Å². The Balaban J connectivity index is 1.56. The second-order valence-electron chi connectivity index (χ2n) is 8.69. The van der Waals surface area contributed by atoms with Crippen LogP contribution < -0.4 is 15.5 Å². The van der Waals surface area contributed by atoms with Gasteiger partial charge in [0.25, 0.3) is 5.91 Å². The van der Waals surface area contributed by atoms with Crippen LogP contribution in [0.5, 0.6) is 0 Å². The molecule has 0 radical (unpaired) electrons. The van der Waals surface area contributed by atoms with E-state index in [9.17, 15) is 9.90 Å². The molecule has 36 heavy (non-hydrogen) atoms. The summed E-state index contributed by atoms with van der Waals surface area (Å²) in [4.78, 5) is 25.8. The summed E-state index contributed by atoms with van der Waals surface area (Å²) < 4.78 is 5.49. The maximum Gasteiger partial charge on any atom is 0.254 e. The Morgan fingerprint density at radius 3 is 2.78 bits per heavy atom. The number of morpholine rings is 1. The molecule has 0 unspecified atom stereocenters. The number of benzene rings is 2. The number of carbonyl (C=O) groups is 1. The molecule has 1 aliphatic heterocycles. The highest BCUT2D eigenvalue weighted by Gasteiger charge is 2.20. The van der Waals surface area contributed by atoms with Crippen LogP contribution in [0.4, 0.5) is 23.1 Å². The third kappa shape index (κ3) is 6.63. The summed E-state index contributed by atoms with van der Waals surface area (Å²) in [6, 6.07) is 14.8. The quantitative estimate of drug-likeness (QED) is 0.400. The lowest BCUT2D eigenvalue weighted by Crippen LogP contribution is -2.38. The summed E-state index contributed by atoms with van der Waals surface area (Å²) in [6.07, 6.45) is 1.67. The van der Waals surface area contributed by atoms with Gasteiger partial charge < -0.3 is 30.3 Å². The first-order valence-electron chi connectivity index (χ1n) is 11.9. The summed E-state index contributed by atoms with van der Waals surface area (Å²) in [5, 5.41) is 16.7. The summed E-state index contributed by atoms with van der Waals surface area (Å²) in [5.41, 5.74) is 3.16. The monoisotopic (exact) mass is 510 g/mol. The van der Waals surface area contributed by atoms with Crippen molar-refractivity contribution < 1.29 is 14.6 Å². The topological polar surface area (TPSA) is 103 Å². The molecule has 4 rings (SSSR count). The van der Waals surface area contributed by atoms with Crippen molar-refractivity contribution in [3.63, 3.8) is 0 Å². The number of likely N-dealkylation sites (N-methyl/N-ethyl adjacent to an activating group) is 1. The van der Waals surface area contributed by atoms with Crippen molar-refractivity contribution in [2.45, 2.75) is 19.5 Å². The van der Waals surface area contributed by atoms with Crippen molar-refractivity contribution in [2.24, 2.45) is 0 Å². The molecule has 3 N–H and O–H groups in total. The minimum Gasteiger partial charge on any atom is -0.394 e. The highest BCUT2D eigenvalue weighted by Crippen LogP contribution is 2.26. The van der Waals surface area contributed by atoms with Crippen LogP contribution in [0, 0.1) is 0 Å². The molecule has 0 spiro atoms. The molecule has 1 aliphatic rings. The van der Waals surface area contributed by atoms with E-state index in [1.54, 1.807) is 37.2 Å². The number of ether oxygens (including phenoxy) is 1. The molecule has 1 fully saturated rings. The van der Waals surface area contributed by atoms with Gasteiger partial charge in [-0.25, -0.2) is 4.98 Å². The Bertz CT molecular complexity index is 1190. The number of anilines is 4. The number of hydrogen-bond donors (Lipinski definition) is 3. The van der Waals surface area contributed by atoms with Gasteiger partial charge in [0.15, 0.2) is 0 Å². The molecule has 2 aromatic carbocycles. The molecule has 1 saturated heterocycles. The average Bonchev–Trinajstić information content (AvgIpc) is 2.91. The van der Waals surface area contributed by atoms with E-state index < -0.39 is 0 Å². The van der Waals surface area contributed by atoms with Crippen molar-refractivity contribution in [1.82, 2.24) is 14.9 Å². The van der Waals surface area contributed by atoms with E-state index in [0.29, 0.717) is 47.8 Å². The first-order chi connectivity index (χ1) is 17.4. The predicted octanol–water partition coefficient (Wildman–Crippen LogP) is 3.78. The zero-order valence-corrected chi connectivity index (χ0v) is 21.2. The van der Waals surface area contributed by atoms with Gasteiger partial charge in [-0.2, -0.15) is 4.98 Å². The van der Waals surface area contributed by atoms with Gasteiger partial charge in [0.05, 0.1) is 25.9 Å². The number of aliphatic hydroxyl groups excluding tert-OH is 1. The van der Waals surface area contributed by atoms with Crippen molar-refractivity contribution in [3.8, 4) is 0 Å². The van der Waals surface area contributed by atoms with E-state index >= 15 is 0 Å². The molecule has 9 nitrogen and oxygen atoms in total. The number of amides is 1. The fraction of sp³-hybridized carbons (Fsp3) is 0.346. The minimum atomic E-state index is -0.300. The van der Waals surface area contributed by atoms with E-state index in [2.05, 4.69) is 25.5 Å². The average molecular weight is 511 g/mol. The highest BCUT2D eigenvalue weighted by atomic mass is 35.5. The van der Waals surface area contributed by atoms with E-state index in [4.69, 9.17) is 16.3 Å². The number of carbonyl (C=O) groups excluding carboxylic acids is 1. The first kappa shape index (κ1) is 25.7. The molecule has 3 aromatic rings. The molecule has 0 saturated carbocycles. The van der Waals surface area contributed by atoms with E-state index in [1.165, 1.54) is 0 Å². The number of nitrogens with zero attached hydrogens (tertiary/aromatic N) is 4. The van der Waals surface area contributed by atoms with Crippen molar-refractivity contribution in [3.05, 3.63) is 70.9 Å². The van der Waals surface area contributed by atoms with Crippen LogP contribution in [0.1, 0.15) is 22.8 Å². The Hall–Kier alpha value is -3.40. The van der Waals surface area contributed by atoms with Crippen LogP contribution in [-0.2, 0) is 11.3 Å². The molecular weight excluding hydrogens is 480 g/mol. The number of nitrogens with one attached hydrogen (secondary N) is 2. The summed E-state index contributed by atoms with van der Waals surface area (Å²) in [5.74, 6) is 0.887. The molecule has 1 aromatic heterocycles. The number of rotatable bonds is 9. The van der Waals surface area contributed by atoms with Crippen LogP contribution in [0.3, 0.4) is 0 Å². The maximum absolute atomic E-state index is 13.2. The summed E-state index contributed by atoms with van der Waals surface area (Å²) >= 11 is 6.08. The molecule has 10 heteroatoms.